The van der Waals surface area contributed by atoms with Crippen LogP contribution in [0.2, 0.25) is 0 Å². The summed E-state index contributed by atoms with van der Waals surface area (Å²) in [5.41, 5.74) is 0.340. The van der Waals surface area contributed by atoms with E-state index < -0.39 is 12.5 Å². The molecule has 9 heteroatoms. The van der Waals surface area contributed by atoms with E-state index in [1.165, 1.54) is 16.7 Å². The van der Waals surface area contributed by atoms with Gasteiger partial charge in [-0.15, -0.1) is 0 Å². The second kappa shape index (κ2) is 14.9. The van der Waals surface area contributed by atoms with Crippen LogP contribution in [0, 0.1) is 17.8 Å². The molecule has 0 saturated heterocycles. The monoisotopic (exact) mass is 434 g/mol. The van der Waals surface area contributed by atoms with E-state index in [0.717, 1.165) is 0 Å². The van der Waals surface area contributed by atoms with E-state index in [2.05, 4.69) is 21.8 Å². The molecule has 0 unspecified atom stereocenters. The van der Waals surface area contributed by atoms with Gasteiger partial charge in [-0.25, -0.2) is 9.97 Å². The summed E-state index contributed by atoms with van der Waals surface area (Å²) in [4.78, 5) is 46.2. The summed E-state index contributed by atoms with van der Waals surface area (Å²) < 4.78 is 4.84. The van der Waals surface area contributed by atoms with E-state index >= 15 is 0 Å². The molecule has 1 aromatic rings. The summed E-state index contributed by atoms with van der Waals surface area (Å²) in [6.45, 7) is 9.36. The number of amides is 2. The molecule has 0 atom stereocenters. The molecule has 0 spiro atoms. The van der Waals surface area contributed by atoms with Crippen LogP contribution in [-0.2, 0) is 20.9 Å². The van der Waals surface area contributed by atoms with Crippen molar-refractivity contribution >= 4 is 24.1 Å². The predicted molar refractivity (Wildman–Crippen MR) is 118 cm³/mol. The van der Waals surface area contributed by atoms with Crippen molar-refractivity contribution in [2.45, 2.75) is 54.1 Å². The van der Waals surface area contributed by atoms with E-state index in [0.29, 0.717) is 25.8 Å². The Kier molecular flexibility index (Phi) is 13.5. The number of hydrogen-bond acceptors (Lipinski definition) is 7. The number of anilines is 1. The van der Waals surface area contributed by atoms with Crippen molar-refractivity contribution < 1.29 is 24.2 Å². The molecule has 1 rings (SSSR count). The quantitative estimate of drug-likeness (QED) is 0.274. The molecule has 0 aliphatic heterocycles. The number of aromatic nitrogens is 2. The van der Waals surface area contributed by atoms with Crippen LogP contribution in [0.5, 0.6) is 0 Å². The molecule has 0 saturated carbocycles. The SMILES string of the molecule is CC.CC(=O)OCCCC#Cc1nc(C(=O)N(C)C)c(N(C=O)CC(C)C)nc1CO. The highest BCUT2D eigenvalue weighted by atomic mass is 16.5. The number of carbonyl (C=O) groups is 3. The highest BCUT2D eigenvalue weighted by molar-refractivity contribution is 5.98. The lowest BCUT2D eigenvalue weighted by molar-refractivity contribution is -0.141. The molecule has 172 valence electrons. The fourth-order valence-corrected chi connectivity index (χ4v) is 2.32. The summed E-state index contributed by atoms with van der Waals surface area (Å²) in [5, 5.41) is 9.69. The molecule has 31 heavy (non-hydrogen) atoms. The zero-order valence-corrected chi connectivity index (χ0v) is 19.6. The van der Waals surface area contributed by atoms with Gasteiger partial charge in [0.25, 0.3) is 5.91 Å². The molecule has 0 aliphatic rings. The lowest BCUT2D eigenvalue weighted by Crippen LogP contribution is -2.32. The Hall–Kier alpha value is -2.99. The van der Waals surface area contributed by atoms with Gasteiger partial charge in [0.05, 0.1) is 13.2 Å². The Morgan fingerprint density at radius 2 is 1.87 bits per heavy atom. The fraction of sp³-hybridized carbons (Fsp3) is 0.591. The first kappa shape index (κ1) is 28.0. The Labute approximate surface area is 184 Å². The zero-order valence-electron chi connectivity index (χ0n) is 19.6. The third-order valence-corrected chi connectivity index (χ3v) is 3.63. The Bertz CT molecular complexity index is 797. The number of unbranched alkanes of at least 4 members (excludes halogenated alkanes) is 1. The van der Waals surface area contributed by atoms with Gasteiger partial charge in [0, 0.05) is 34.0 Å². The predicted octanol–water partition coefficient (Wildman–Crippen LogP) is 2.01. The van der Waals surface area contributed by atoms with Crippen LogP contribution >= 0.6 is 0 Å². The van der Waals surface area contributed by atoms with Gasteiger partial charge in [0.1, 0.15) is 11.4 Å². The summed E-state index contributed by atoms with van der Waals surface area (Å²) in [6.07, 6.45) is 1.58. The first-order valence-electron chi connectivity index (χ1n) is 10.3. The zero-order chi connectivity index (χ0) is 24.0. The normalized spacial score (nSPS) is 9.71. The molecule has 0 radical (unpaired) electrons. The summed E-state index contributed by atoms with van der Waals surface area (Å²) in [6, 6.07) is 0. The Balaban J connectivity index is 0.00000436. The average Bonchev–Trinajstić information content (AvgIpc) is 2.74. The lowest BCUT2D eigenvalue weighted by atomic mass is 10.2. The van der Waals surface area contributed by atoms with Gasteiger partial charge < -0.3 is 14.7 Å². The number of ether oxygens (including phenoxy) is 1. The van der Waals surface area contributed by atoms with Crippen molar-refractivity contribution in [1.82, 2.24) is 14.9 Å². The maximum Gasteiger partial charge on any atom is 0.302 e. The molecular formula is C22H34N4O5. The standard InChI is InChI=1S/C20H28N4O5.C2H6/c1-14(2)11-24(13-26)19-18(20(28)23(4)5)21-16(17(12-25)22-19)9-7-6-8-10-29-15(3)27;1-2/h13-14,25H,6,8,10-12H2,1-5H3;1-2H3. The summed E-state index contributed by atoms with van der Waals surface area (Å²) >= 11 is 0. The lowest BCUT2D eigenvalue weighted by Gasteiger charge is -2.22. The van der Waals surface area contributed by atoms with E-state index in [1.807, 2.05) is 27.7 Å². The van der Waals surface area contributed by atoms with Gasteiger partial charge in [-0.3, -0.25) is 19.3 Å². The largest absolute Gasteiger partial charge is 0.466 e. The molecule has 0 fully saturated rings. The average molecular weight is 435 g/mol. The van der Waals surface area contributed by atoms with Crippen molar-refractivity contribution in [3.63, 3.8) is 0 Å². The van der Waals surface area contributed by atoms with Crippen molar-refractivity contribution in [2.75, 3.05) is 32.1 Å². The molecule has 0 aromatic carbocycles. The number of esters is 1. The van der Waals surface area contributed by atoms with E-state index in [4.69, 9.17) is 4.74 Å². The number of carbonyl (C=O) groups excluding carboxylic acids is 3. The minimum absolute atomic E-state index is 0.0100. The molecular weight excluding hydrogens is 400 g/mol. The Morgan fingerprint density at radius 3 is 2.35 bits per heavy atom. The highest BCUT2D eigenvalue weighted by Crippen LogP contribution is 2.20. The number of nitrogens with zero attached hydrogens (tertiary/aromatic N) is 4. The third kappa shape index (κ3) is 9.57. The maximum atomic E-state index is 12.6. The minimum Gasteiger partial charge on any atom is -0.466 e. The summed E-state index contributed by atoms with van der Waals surface area (Å²) in [5.74, 6) is 5.14. The number of aliphatic hydroxyl groups is 1. The minimum atomic E-state index is -0.442. The first-order chi connectivity index (χ1) is 14.7. The van der Waals surface area contributed by atoms with E-state index in [1.54, 1.807) is 14.1 Å². The van der Waals surface area contributed by atoms with Crippen molar-refractivity contribution in [3.8, 4) is 11.8 Å². The van der Waals surface area contributed by atoms with Crippen LogP contribution in [0.15, 0.2) is 0 Å². The first-order valence-corrected chi connectivity index (χ1v) is 10.3. The molecule has 0 aliphatic carbocycles. The molecule has 1 aromatic heterocycles. The smallest absolute Gasteiger partial charge is 0.302 e. The van der Waals surface area contributed by atoms with E-state index in [9.17, 15) is 19.5 Å². The van der Waals surface area contributed by atoms with Gasteiger partial charge in [-0.05, 0) is 18.3 Å². The van der Waals surface area contributed by atoms with Crippen LogP contribution in [0.3, 0.4) is 0 Å². The van der Waals surface area contributed by atoms with Crippen LogP contribution in [0.1, 0.15) is 69.3 Å². The molecule has 0 bridgehead atoms. The Morgan fingerprint density at radius 1 is 1.23 bits per heavy atom. The number of hydrogen-bond donors (Lipinski definition) is 1. The molecule has 9 nitrogen and oxygen atoms in total. The van der Waals surface area contributed by atoms with Crippen molar-refractivity contribution in [1.29, 1.82) is 0 Å². The number of rotatable bonds is 9. The van der Waals surface area contributed by atoms with Crippen molar-refractivity contribution in [2.24, 2.45) is 5.92 Å². The molecule has 1 N–H and O–H groups in total. The van der Waals surface area contributed by atoms with Crippen LogP contribution < -0.4 is 4.90 Å². The van der Waals surface area contributed by atoms with Gasteiger partial charge in [-0.2, -0.15) is 0 Å². The maximum absolute atomic E-state index is 12.6. The third-order valence-electron chi connectivity index (χ3n) is 3.63. The van der Waals surface area contributed by atoms with E-state index in [-0.39, 0.29) is 41.4 Å². The van der Waals surface area contributed by atoms with Gasteiger partial charge in [-0.1, -0.05) is 33.6 Å². The molecule has 1 heterocycles. The van der Waals surface area contributed by atoms with Crippen LogP contribution in [0.4, 0.5) is 5.82 Å². The second-order valence-electron chi connectivity index (χ2n) is 6.95. The second-order valence-corrected chi connectivity index (χ2v) is 6.95. The fourth-order valence-electron chi connectivity index (χ4n) is 2.32. The summed E-state index contributed by atoms with van der Waals surface area (Å²) in [7, 11) is 3.14. The number of aliphatic hydroxyl groups excluding tert-OH is 1. The van der Waals surface area contributed by atoms with Crippen LogP contribution in [0.25, 0.3) is 0 Å². The van der Waals surface area contributed by atoms with Crippen LogP contribution in [-0.4, -0.2) is 65.5 Å². The van der Waals surface area contributed by atoms with Gasteiger partial charge in [0.2, 0.25) is 6.41 Å². The van der Waals surface area contributed by atoms with Crippen molar-refractivity contribution in [3.05, 3.63) is 17.1 Å². The van der Waals surface area contributed by atoms with Gasteiger partial charge >= 0.3 is 5.97 Å². The topological polar surface area (TPSA) is 113 Å². The molecule has 2 amide bonds. The highest BCUT2D eigenvalue weighted by Gasteiger charge is 2.24. The van der Waals surface area contributed by atoms with Gasteiger partial charge in [0.15, 0.2) is 11.5 Å².